The summed E-state index contributed by atoms with van der Waals surface area (Å²) >= 11 is 7.22. The van der Waals surface area contributed by atoms with Gasteiger partial charge in [-0.3, -0.25) is 4.79 Å². The molecule has 94 valence electrons. The van der Waals surface area contributed by atoms with Gasteiger partial charge in [0.2, 0.25) is 0 Å². The van der Waals surface area contributed by atoms with E-state index in [4.69, 9.17) is 11.6 Å². The van der Waals surface area contributed by atoms with Crippen LogP contribution in [0.4, 0.5) is 4.39 Å². The highest BCUT2D eigenvalue weighted by molar-refractivity contribution is 8.01. The maximum absolute atomic E-state index is 13.4. The molecule has 0 heterocycles. The first-order valence-corrected chi connectivity index (χ1v) is 6.74. The molecular weight excluding hydrogens is 259 g/mol. The molecule has 17 heavy (non-hydrogen) atoms. The summed E-state index contributed by atoms with van der Waals surface area (Å²) in [6, 6.07) is 4.41. The van der Waals surface area contributed by atoms with Gasteiger partial charge in [-0.15, -0.1) is 11.8 Å². The van der Waals surface area contributed by atoms with E-state index in [2.05, 4.69) is 0 Å². The van der Waals surface area contributed by atoms with Crippen LogP contribution in [0.15, 0.2) is 18.2 Å². The number of carbonyl (C=O) groups is 1. The Hall–Kier alpha value is -0.540. The summed E-state index contributed by atoms with van der Waals surface area (Å²) in [6.07, 6.45) is 0.131. The Morgan fingerprint density at radius 3 is 2.59 bits per heavy atom. The Balaban J connectivity index is 2.57. The predicted octanol–water partition coefficient (Wildman–Crippen LogP) is 4.12. The molecule has 0 radical (unpaired) electrons. The van der Waals surface area contributed by atoms with Crippen LogP contribution in [0.1, 0.15) is 26.3 Å². The summed E-state index contributed by atoms with van der Waals surface area (Å²) in [6.45, 7) is 6.15. The standard InChI is InChI=1S/C13H16ClFOS/c1-13(2,3)17-8-11(16)6-9-4-5-10(14)7-12(9)15/h4-5,7H,6,8H2,1-3H3. The summed E-state index contributed by atoms with van der Waals surface area (Å²) in [5, 5.41) is 0.350. The summed E-state index contributed by atoms with van der Waals surface area (Å²) in [7, 11) is 0. The van der Waals surface area contributed by atoms with Crippen molar-refractivity contribution < 1.29 is 9.18 Å². The molecule has 0 aliphatic rings. The Morgan fingerprint density at radius 1 is 1.41 bits per heavy atom. The van der Waals surface area contributed by atoms with Gasteiger partial charge in [0.15, 0.2) is 0 Å². The van der Waals surface area contributed by atoms with E-state index in [1.165, 1.54) is 6.07 Å². The van der Waals surface area contributed by atoms with Crippen molar-refractivity contribution in [3.8, 4) is 0 Å². The monoisotopic (exact) mass is 274 g/mol. The number of benzene rings is 1. The molecule has 0 bridgehead atoms. The molecule has 0 amide bonds. The van der Waals surface area contributed by atoms with Gasteiger partial charge in [-0.25, -0.2) is 4.39 Å². The van der Waals surface area contributed by atoms with E-state index in [0.717, 1.165) is 0 Å². The van der Waals surface area contributed by atoms with E-state index in [0.29, 0.717) is 16.3 Å². The number of hydrogen-bond acceptors (Lipinski definition) is 2. The molecule has 0 saturated heterocycles. The van der Waals surface area contributed by atoms with Gasteiger partial charge in [0.05, 0.1) is 5.75 Å². The van der Waals surface area contributed by atoms with Crippen molar-refractivity contribution in [2.45, 2.75) is 31.9 Å². The third-order valence-electron chi connectivity index (χ3n) is 2.07. The highest BCUT2D eigenvalue weighted by Crippen LogP contribution is 2.23. The second-order valence-electron chi connectivity index (χ2n) is 4.85. The van der Waals surface area contributed by atoms with Crippen molar-refractivity contribution in [2.75, 3.05) is 5.75 Å². The lowest BCUT2D eigenvalue weighted by atomic mass is 10.1. The maximum atomic E-state index is 13.4. The molecular formula is C13H16ClFOS. The predicted molar refractivity (Wildman–Crippen MR) is 72.3 cm³/mol. The molecule has 1 nitrogen and oxygen atoms in total. The van der Waals surface area contributed by atoms with E-state index < -0.39 is 5.82 Å². The molecule has 0 atom stereocenters. The highest BCUT2D eigenvalue weighted by Gasteiger charge is 2.14. The Labute approximate surface area is 111 Å². The van der Waals surface area contributed by atoms with E-state index in [1.807, 2.05) is 20.8 Å². The Kier molecular flexibility index (Phi) is 5.02. The molecule has 1 aromatic rings. The van der Waals surface area contributed by atoms with Crippen LogP contribution in [0.2, 0.25) is 5.02 Å². The van der Waals surface area contributed by atoms with Crippen molar-refractivity contribution >= 4 is 29.1 Å². The zero-order valence-corrected chi connectivity index (χ0v) is 11.8. The van der Waals surface area contributed by atoms with Gasteiger partial charge < -0.3 is 0 Å². The van der Waals surface area contributed by atoms with Crippen molar-refractivity contribution in [1.82, 2.24) is 0 Å². The summed E-state index contributed by atoms with van der Waals surface area (Å²) in [4.78, 5) is 11.7. The number of rotatable bonds is 4. The van der Waals surface area contributed by atoms with Crippen LogP contribution in [-0.2, 0) is 11.2 Å². The molecule has 0 N–H and O–H groups in total. The Bertz CT molecular complexity index is 412. The molecule has 0 unspecified atom stereocenters. The topological polar surface area (TPSA) is 17.1 Å². The highest BCUT2D eigenvalue weighted by atomic mass is 35.5. The van der Waals surface area contributed by atoms with Gasteiger partial charge in [0.1, 0.15) is 11.6 Å². The fourth-order valence-corrected chi connectivity index (χ4v) is 2.08. The molecule has 0 aliphatic heterocycles. The van der Waals surface area contributed by atoms with Crippen LogP contribution in [0.5, 0.6) is 0 Å². The smallest absolute Gasteiger partial charge is 0.147 e. The van der Waals surface area contributed by atoms with Crippen molar-refractivity contribution in [3.63, 3.8) is 0 Å². The quantitative estimate of drug-likeness (QED) is 0.821. The van der Waals surface area contributed by atoms with Crippen molar-refractivity contribution in [1.29, 1.82) is 0 Å². The van der Waals surface area contributed by atoms with Crippen LogP contribution in [0.25, 0.3) is 0 Å². The van der Waals surface area contributed by atoms with E-state index in [-0.39, 0.29) is 17.0 Å². The largest absolute Gasteiger partial charge is 0.298 e. The van der Waals surface area contributed by atoms with Crippen LogP contribution in [-0.4, -0.2) is 16.3 Å². The van der Waals surface area contributed by atoms with Gasteiger partial charge in [-0.2, -0.15) is 0 Å². The average Bonchev–Trinajstić information content (AvgIpc) is 2.18. The first-order chi connectivity index (χ1) is 7.78. The molecule has 0 spiro atoms. The molecule has 0 fully saturated rings. The van der Waals surface area contributed by atoms with Crippen LogP contribution < -0.4 is 0 Å². The second kappa shape index (κ2) is 5.87. The van der Waals surface area contributed by atoms with E-state index >= 15 is 0 Å². The Morgan fingerprint density at radius 2 is 2.06 bits per heavy atom. The van der Waals surface area contributed by atoms with Crippen molar-refractivity contribution in [2.24, 2.45) is 0 Å². The zero-order valence-electron chi connectivity index (χ0n) is 10.2. The lowest BCUT2D eigenvalue weighted by molar-refractivity contribution is -0.116. The number of hydrogen-bond donors (Lipinski definition) is 0. The minimum Gasteiger partial charge on any atom is -0.298 e. The lowest BCUT2D eigenvalue weighted by Gasteiger charge is -2.16. The summed E-state index contributed by atoms with van der Waals surface area (Å²) in [5.41, 5.74) is 0.411. The maximum Gasteiger partial charge on any atom is 0.147 e. The van der Waals surface area contributed by atoms with E-state index in [9.17, 15) is 9.18 Å². The molecule has 1 aromatic carbocycles. The molecule has 0 aromatic heterocycles. The van der Waals surface area contributed by atoms with Gasteiger partial charge in [-0.1, -0.05) is 38.4 Å². The van der Waals surface area contributed by atoms with E-state index in [1.54, 1.807) is 23.9 Å². The third-order valence-corrected chi connectivity index (χ3v) is 3.64. The molecule has 1 rings (SSSR count). The van der Waals surface area contributed by atoms with Crippen LogP contribution in [0.3, 0.4) is 0 Å². The third kappa shape index (κ3) is 5.55. The lowest BCUT2D eigenvalue weighted by Crippen LogP contribution is -2.14. The molecule has 0 saturated carbocycles. The molecule has 0 aliphatic carbocycles. The number of halogens is 2. The number of Topliss-reactive ketones (excluding diaryl/α,β-unsaturated/α-hetero) is 1. The fraction of sp³-hybridized carbons (Fsp3) is 0.462. The zero-order chi connectivity index (χ0) is 13.1. The van der Waals surface area contributed by atoms with Crippen molar-refractivity contribution in [3.05, 3.63) is 34.6 Å². The number of ketones is 1. The van der Waals surface area contributed by atoms with Gasteiger partial charge in [0, 0.05) is 16.2 Å². The fourth-order valence-electron chi connectivity index (χ4n) is 1.23. The summed E-state index contributed by atoms with van der Waals surface area (Å²) < 4.78 is 13.5. The van der Waals surface area contributed by atoms with Gasteiger partial charge >= 0.3 is 0 Å². The van der Waals surface area contributed by atoms with Gasteiger partial charge in [0.25, 0.3) is 0 Å². The minimum atomic E-state index is -0.411. The average molecular weight is 275 g/mol. The van der Waals surface area contributed by atoms with Crippen LogP contribution >= 0.6 is 23.4 Å². The normalized spacial score (nSPS) is 11.6. The number of carbonyl (C=O) groups excluding carboxylic acids is 1. The van der Waals surface area contributed by atoms with Crippen LogP contribution in [0, 0.1) is 5.82 Å². The first kappa shape index (κ1) is 14.5. The minimum absolute atomic E-state index is 0.0335. The first-order valence-electron chi connectivity index (χ1n) is 5.37. The number of thioether (sulfide) groups is 1. The SMILES string of the molecule is CC(C)(C)SCC(=O)Cc1ccc(Cl)cc1F. The second-order valence-corrected chi connectivity index (χ2v) is 7.09. The summed E-state index contributed by atoms with van der Waals surface area (Å²) in [5.74, 6) is 0.0312. The molecule has 4 heteroatoms. The van der Waals surface area contributed by atoms with Gasteiger partial charge in [-0.05, 0) is 17.7 Å².